The summed E-state index contributed by atoms with van der Waals surface area (Å²) < 4.78 is 0. The van der Waals surface area contributed by atoms with Gasteiger partial charge < -0.3 is 5.11 Å². The fraction of sp³-hybridized carbons (Fsp3) is 0.500. The maximum atomic E-state index is 11.1. The van der Waals surface area contributed by atoms with Gasteiger partial charge in [-0.25, -0.2) is 0 Å². The van der Waals surface area contributed by atoms with Gasteiger partial charge in [0.25, 0.3) is 0 Å². The Kier molecular flexibility index (Phi) is 2.47. The molecule has 1 heterocycles. The van der Waals surface area contributed by atoms with E-state index in [4.69, 9.17) is 5.11 Å². The number of pyridine rings is 1. The van der Waals surface area contributed by atoms with Crippen LogP contribution in [0.1, 0.15) is 41.3 Å². The minimum Gasteiger partial charge on any atom is -0.481 e. The van der Waals surface area contributed by atoms with Crippen LogP contribution in [0.25, 0.3) is 0 Å². The molecule has 0 fully saturated rings. The van der Waals surface area contributed by atoms with Gasteiger partial charge >= 0.3 is 5.97 Å². The van der Waals surface area contributed by atoms with Gasteiger partial charge in [0.15, 0.2) is 0 Å². The Bertz CT molecular complexity index is 412. The second-order valence-corrected chi connectivity index (χ2v) is 4.22. The number of carboxylic acid groups (broad SMARTS) is 1. The van der Waals surface area contributed by atoms with Crippen LogP contribution in [0.15, 0.2) is 6.07 Å². The first-order chi connectivity index (χ1) is 7.09. The van der Waals surface area contributed by atoms with Crippen LogP contribution in [-0.4, -0.2) is 16.1 Å². The van der Waals surface area contributed by atoms with E-state index in [1.807, 2.05) is 13.8 Å². The molecular weight excluding hydrogens is 190 g/mol. The van der Waals surface area contributed by atoms with E-state index < -0.39 is 11.9 Å². The molecule has 1 aliphatic rings. The third-order valence-electron chi connectivity index (χ3n) is 3.15. The number of carbonyl (C=O) groups is 1. The van der Waals surface area contributed by atoms with Crippen molar-refractivity contribution in [3.05, 3.63) is 28.6 Å². The molecule has 0 bridgehead atoms. The molecule has 2 rings (SSSR count). The summed E-state index contributed by atoms with van der Waals surface area (Å²) in [5, 5.41) is 9.11. The third-order valence-corrected chi connectivity index (χ3v) is 3.15. The first kappa shape index (κ1) is 10.1. The van der Waals surface area contributed by atoms with E-state index in [1.165, 1.54) is 0 Å². The fourth-order valence-corrected chi connectivity index (χ4v) is 2.16. The third kappa shape index (κ3) is 1.74. The molecule has 15 heavy (non-hydrogen) atoms. The molecule has 80 valence electrons. The summed E-state index contributed by atoms with van der Waals surface area (Å²) in [5.74, 6) is -1.14. The van der Waals surface area contributed by atoms with Crippen molar-refractivity contribution < 1.29 is 9.90 Å². The minimum atomic E-state index is -0.744. The normalized spacial score (nSPS) is 19.7. The summed E-state index contributed by atoms with van der Waals surface area (Å²) in [6.45, 7) is 3.95. The minimum absolute atomic E-state index is 0.395. The maximum Gasteiger partial charge on any atom is 0.312 e. The van der Waals surface area contributed by atoms with Crippen molar-refractivity contribution in [1.82, 2.24) is 4.98 Å². The predicted octanol–water partition coefficient (Wildman–Crippen LogP) is 2.20. The summed E-state index contributed by atoms with van der Waals surface area (Å²) in [5.41, 5.74) is 4.01. The molecule has 1 N–H and O–H groups in total. The van der Waals surface area contributed by atoms with Gasteiger partial charge in [-0.15, -0.1) is 0 Å². The van der Waals surface area contributed by atoms with Crippen LogP contribution in [0.5, 0.6) is 0 Å². The summed E-state index contributed by atoms with van der Waals surface area (Å²) in [7, 11) is 0. The zero-order valence-electron chi connectivity index (χ0n) is 9.08. The van der Waals surface area contributed by atoms with Crippen LogP contribution in [0, 0.1) is 13.8 Å². The molecule has 1 aromatic heterocycles. The van der Waals surface area contributed by atoms with Gasteiger partial charge in [0, 0.05) is 5.69 Å². The first-order valence-electron chi connectivity index (χ1n) is 5.29. The van der Waals surface area contributed by atoms with E-state index in [0.29, 0.717) is 0 Å². The van der Waals surface area contributed by atoms with Crippen molar-refractivity contribution in [3.63, 3.8) is 0 Å². The standard InChI is InChI=1S/C12H15NO2/c1-7-6-9-4-3-5-10(12(14)15)11(9)13-8(7)2/h6,10H,3-5H2,1-2H3,(H,14,15). The highest BCUT2D eigenvalue weighted by Gasteiger charge is 2.27. The lowest BCUT2D eigenvalue weighted by atomic mass is 9.86. The highest BCUT2D eigenvalue weighted by molar-refractivity contribution is 5.76. The van der Waals surface area contributed by atoms with E-state index >= 15 is 0 Å². The van der Waals surface area contributed by atoms with Crippen LogP contribution in [0.4, 0.5) is 0 Å². The van der Waals surface area contributed by atoms with Crippen LogP contribution in [-0.2, 0) is 11.2 Å². The van der Waals surface area contributed by atoms with Crippen LogP contribution in [0.3, 0.4) is 0 Å². The number of carboxylic acids is 1. The summed E-state index contributed by atoms with van der Waals surface area (Å²) in [6.07, 6.45) is 2.64. The van der Waals surface area contributed by atoms with Gasteiger partial charge in [-0.3, -0.25) is 9.78 Å². The summed E-state index contributed by atoms with van der Waals surface area (Å²) in [4.78, 5) is 15.5. The quantitative estimate of drug-likeness (QED) is 0.764. The van der Waals surface area contributed by atoms with Crippen molar-refractivity contribution >= 4 is 5.97 Å². The van der Waals surface area contributed by atoms with Crippen molar-refractivity contribution in [3.8, 4) is 0 Å². The highest BCUT2D eigenvalue weighted by atomic mass is 16.4. The molecule has 3 heteroatoms. The number of aliphatic carboxylic acids is 1. The molecule has 0 saturated carbocycles. The number of rotatable bonds is 1. The largest absolute Gasteiger partial charge is 0.481 e. The Morgan fingerprint density at radius 1 is 1.53 bits per heavy atom. The van der Waals surface area contributed by atoms with Crippen molar-refractivity contribution in [1.29, 1.82) is 0 Å². The molecule has 0 aromatic carbocycles. The second-order valence-electron chi connectivity index (χ2n) is 4.22. The van der Waals surface area contributed by atoms with E-state index in [0.717, 1.165) is 41.8 Å². The van der Waals surface area contributed by atoms with E-state index in [1.54, 1.807) is 0 Å². The molecule has 0 saturated heterocycles. The van der Waals surface area contributed by atoms with Crippen LogP contribution < -0.4 is 0 Å². The second kappa shape index (κ2) is 3.65. The Hall–Kier alpha value is -1.38. The first-order valence-corrected chi connectivity index (χ1v) is 5.29. The van der Waals surface area contributed by atoms with Crippen LogP contribution >= 0.6 is 0 Å². The predicted molar refractivity (Wildman–Crippen MR) is 57.0 cm³/mol. The van der Waals surface area contributed by atoms with E-state index in [9.17, 15) is 4.79 Å². The Morgan fingerprint density at radius 2 is 2.27 bits per heavy atom. The smallest absolute Gasteiger partial charge is 0.312 e. The maximum absolute atomic E-state index is 11.1. The highest BCUT2D eigenvalue weighted by Crippen LogP contribution is 2.31. The molecular formula is C12H15NO2. The van der Waals surface area contributed by atoms with E-state index in [2.05, 4.69) is 11.1 Å². The Morgan fingerprint density at radius 3 is 2.93 bits per heavy atom. The number of aryl methyl sites for hydroxylation is 3. The molecule has 0 amide bonds. The van der Waals surface area contributed by atoms with Crippen molar-refractivity contribution in [2.24, 2.45) is 0 Å². The molecule has 0 aliphatic heterocycles. The van der Waals surface area contributed by atoms with Crippen molar-refractivity contribution in [2.75, 3.05) is 0 Å². The van der Waals surface area contributed by atoms with Gasteiger partial charge in [-0.1, -0.05) is 6.07 Å². The molecule has 1 aromatic rings. The van der Waals surface area contributed by atoms with E-state index in [-0.39, 0.29) is 0 Å². The molecule has 0 radical (unpaired) electrons. The Labute approximate surface area is 89.2 Å². The Balaban J connectivity index is 2.51. The lowest BCUT2D eigenvalue weighted by Gasteiger charge is -2.22. The van der Waals surface area contributed by atoms with Crippen molar-refractivity contribution in [2.45, 2.75) is 39.0 Å². The molecule has 1 unspecified atom stereocenters. The SMILES string of the molecule is Cc1cc2c(nc1C)C(C(=O)O)CCC2. The summed E-state index contributed by atoms with van der Waals surface area (Å²) in [6, 6.07) is 2.09. The zero-order chi connectivity index (χ0) is 11.0. The molecule has 0 spiro atoms. The number of hydrogen-bond donors (Lipinski definition) is 1. The monoisotopic (exact) mass is 205 g/mol. The average Bonchev–Trinajstić information content (AvgIpc) is 2.18. The van der Waals surface area contributed by atoms with Gasteiger partial charge in [0.1, 0.15) is 0 Å². The number of fused-ring (bicyclic) bond motifs is 1. The zero-order valence-corrected chi connectivity index (χ0v) is 9.08. The van der Waals surface area contributed by atoms with Gasteiger partial charge in [-0.05, 0) is 44.2 Å². The molecule has 1 aliphatic carbocycles. The number of hydrogen-bond acceptors (Lipinski definition) is 2. The number of aromatic nitrogens is 1. The molecule has 1 atom stereocenters. The van der Waals surface area contributed by atoms with Gasteiger partial charge in [0.2, 0.25) is 0 Å². The lowest BCUT2D eigenvalue weighted by Crippen LogP contribution is -2.20. The van der Waals surface area contributed by atoms with Crippen LogP contribution in [0.2, 0.25) is 0 Å². The summed E-state index contributed by atoms with van der Waals surface area (Å²) >= 11 is 0. The molecule has 3 nitrogen and oxygen atoms in total. The topological polar surface area (TPSA) is 50.2 Å². The van der Waals surface area contributed by atoms with Gasteiger partial charge in [0.05, 0.1) is 11.6 Å². The fourth-order valence-electron chi connectivity index (χ4n) is 2.16. The average molecular weight is 205 g/mol. The number of nitrogens with zero attached hydrogens (tertiary/aromatic N) is 1. The van der Waals surface area contributed by atoms with Gasteiger partial charge in [-0.2, -0.15) is 0 Å². The lowest BCUT2D eigenvalue weighted by molar-refractivity contribution is -0.139.